The lowest BCUT2D eigenvalue weighted by Gasteiger charge is -2.05. The third-order valence-electron chi connectivity index (χ3n) is 3.57. The minimum Gasteiger partial charge on any atom is -0.496 e. The second-order valence-corrected chi connectivity index (χ2v) is 6.95. The molecule has 5 nitrogen and oxygen atoms in total. The van der Waals surface area contributed by atoms with E-state index in [2.05, 4.69) is 15.5 Å². The Balaban J connectivity index is 1.65. The van der Waals surface area contributed by atoms with E-state index in [0.717, 1.165) is 11.1 Å². The maximum Gasteiger partial charge on any atom is 0.239 e. The highest BCUT2D eigenvalue weighted by atomic mass is 35.5. The number of nitrogens with one attached hydrogen (secondary N) is 1. The second kappa shape index (κ2) is 8.18. The fraction of sp³-hybridized carbons (Fsp3) is 0.167. The molecule has 1 saturated heterocycles. The lowest BCUT2D eigenvalue weighted by Crippen LogP contribution is -2.25. The van der Waals surface area contributed by atoms with Crippen LogP contribution >= 0.6 is 23.4 Å². The molecule has 1 atom stereocenters. The molecule has 0 aliphatic carbocycles. The van der Waals surface area contributed by atoms with Crippen LogP contribution in [0.3, 0.4) is 0 Å². The minimum atomic E-state index is -0.237. The molecule has 0 saturated carbocycles. The molecule has 7 heteroatoms. The first-order valence-corrected chi connectivity index (χ1v) is 8.87. The third-order valence-corrected chi connectivity index (χ3v) is 4.88. The molecule has 1 fully saturated rings. The zero-order valence-corrected chi connectivity index (χ0v) is 15.1. The molecule has 3 rings (SSSR count). The molecule has 25 heavy (non-hydrogen) atoms. The number of thioether (sulfide) groups is 1. The van der Waals surface area contributed by atoms with E-state index < -0.39 is 0 Å². The molecule has 1 heterocycles. The number of halogens is 1. The summed E-state index contributed by atoms with van der Waals surface area (Å²) in [5, 5.41) is 11.8. The van der Waals surface area contributed by atoms with Crippen molar-refractivity contribution in [3.63, 3.8) is 0 Å². The van der Waals surface area contributed by atoms with E-state index in [-0.39, 0.29) is 11.2 Å². The number of hydrogen-bond acceptors (Lipinski definition) is 5. The number of amides is 1. The highest BCUT2D eigenvalue weighted by molar-refractivity contribution is 8.15. The van der Waals surface area contributed by atoms with Crippen molar-refractivity contribution in [2.24, 2.45) is 10.2 Å². The molecule has 0 unspecified atom stereocenters. The predicted octanol–water partition coefficient (Wildman–Crippen LogP) is 3.51. The standard InChI is InChI=1S/C18H16ClN3O2S/c1-24-15-8-3-2-6-13(15)11-20-22-18-21-17(23)16(25-18)10-12-5-4-7-14(19)9-12/h2-9,11,16H,10H2,1H3,(H,21,22,23)/b20-11-/t16-/m1/s1. The summed E-state index contributed by atoms with van der Waals surface area (Å²) in [4.78, 5) is 12.1. The van der Waals surface area contributed by atoms with Gasteiger partial charge in [-0.15, -0.1) is 5.10 Å². The quantitative estimate of drug-likeness (QED) is 0.644. The molecule has 1 N–H and O–H groups in total. The number of hydrogen-bond donors (Lipinski definition) is 1. The average molecular weight is 374 g/mol. The number of rotatable bonds is 5. The first-order valence-electron chi connectivity index (χ1n) is 7.61. The lowest BCUT2D eigenvalue weighted by atomic mass is 10.1. The number of ether oxygens (including phenoxy) is 1. The van der Waals surface area contributed by atoms with Gasteiger partial charge in [0.1, 0.15) is 5.75 Å². The minimum absolute atomic E-state index is 0.0729. The molecular weight excluding hydrogens is 358 g/mol. The molecule has 0 bridgehead atoms. The summed E-state index contributed by atoms with van der Waals surface area (Å²) in [6, 6.07) is 15.0. The normalized spacial score (nSPS) is 18.7. The Bertz CT molecular complexity index is 839. The van der Waals surface area contributed by atoms with Crippen LogP contribution in [-0.4, -0.2) is 29.6 Å². The van der Waals surface area contributed by atoms with Crippen LogP contribution in [0.2, 0.25) is 5.02 Å². The number of para-hydroxylation sites is 1. The van der Waals surface area contributed by atoms with Crippen molar-refractivity contribution in [1.82, 2.24) is 5.32 Å². The summed E-state index contributed by atoms with van der Waals surface area (Å²) in [7, 11) is 1.60. The molecule has 0 spiro atoms. The van der Waals surface area contributed by atoms with Crippen molar-refractivity contribution < 1.29 is 9.53 Å². The van der Waals surface area contributed by atoms with Crippen LogP contribution in [0.15, 0.2) is 58.7 Å². The van der Waals surface area contributed by atoms with Crippen LogP contribution < -0.4 is 10.1 Å². The van der Waals surface area contributed by atoms with Gasteiger partial charge in [0.2, 0.25) is 5.91 Å². The Morgan fingerprint density at radius 3 is 2.92 bits per heavy atom. The van der Waals surface area contributed by atoms with Gasteiger partial charge in [-0.05, 0) is 36.2 Å². The summed E-state index contributed by atoms with van der Waals surface area (Å²) in [5.74, 6) is 0.643. The zero-order valence-electron chi connectivity index (χ0n) is 13.5. The maximum absolute atomic E-state index is 12.1. The number of amidine groups is 1. The molecule has 2 aromatic carbocycles. The van der Waals surface area contributed by atoms with Gasteiger partial charge < -0.3 is 10.1 Å². The third kappa shape index (κ3) is 4.61. The van der Waals surface area contributed by atoms with Gasteiger partial charge in [-0.1, -0.05) is 47.6 Å². The first kappa shape index (κ1) is 17.5. The van der Waals surface area contributed by atoms with Crippen molar-refractivity contribution in [1.29, 1.82) is 0 Å². The Labute approximate surface area is 155 Å². The summed E-state index contributed by atoms with van der Waals surface area (Å²) in [6.45, 7) is 0. The van der Waals surface area contributed by atoms with Crippen molar-refractivity contribution in [3.05, 3.63) is 64.7 Å². The molecule has 1 aliphatic heterocycles. The van der Waals surface area contributed by atoms with Gasteiger partial charge in [0, 0.05) is 10.6 Å². The van der Waals surface area contributed by atoms with E-state index in [9.17, 15) is 4.79 Å². The topological polar surface area (TPSA) is 63.1 Å². The highest BCUT2D eigenvalue weighted by Gasteiger charge is 2.30. The predicted molar refractivity (Wildman–Crippen MR) is 103 cm³/mol. The van der Waals surface area contributed by atoms with Crippen molar-refractivity contribution in [2.45, 2.75) is 11.7 Å². The van der Waals surface area contributed by atoms with Gasteiger partial charge in [0.05, 0.1) is 18.6 Å². The van der Waals surface area contributed by atoms with E-state index in [1.54, 1.807) is 13.3 Å². The summed E-state index contributed by atoms with van der Waals surface area (Å²) < 4.78 is 5.25. The fourth-order valence-electron chi connectivity index (χ4n) is 2.38. The number of carbonyl (C=O) groups excluding carboxylic acids is 1. The largest absolute Gasteiger partial charge is 0.496 e. The fourth-order valence-corrected chi connectivity index (χ4v) is 3.56. The smallest absolute Gasteiger partial charge is 0.239 e. The van der Waals surface area contributed by atoms with Crippen LogP contribution in [0.5, 0.6) is 5.75 Å². The molecular formula is C18H16ClN3O2S. The van der Waals surface area contributed by atoms with E-state index in [4.69, 9.17) is 16.3 Å². The van der Waals surface area contributed by atoms with Gasteiger partial charge in [0.15, 0.2) is 5.17 Å². The molecule has 2 aromatic rings. The van der Waals surface area contributed by atoms with Gasteiger partial charge in [-0.3, -0.25) is 4.79 Å². The SMILES string of the molecule is COc1ccccc1/C=N\N=C1/NC(=O)[C@@H](Cc2cccc(Cl)c2)S1. The average Bonchev–Trinajstić information content (AvgIpc) is 2.95. The molecule has 0 radical (unpaired) electrons. The maximum atomic E-state index is 12.1. The zero-order chi connectivity index (χ0) is 17.6. The molecule has 0 aromatic heterocycles. The van der Waals surface area contributed by atoms with Crippen molar-refractivity contribution in [3.8, 4) is 5.75 Å². The Hall–Kier alpha value is -2.31. The van der Waals surface area contributed by atoms with Gasteiger partial charge in [0.25, 0.3) is 0 Å². The van der Waals surface area contributed by atoms with Crippen molar-refractivity contribution in [2.75, 3.05) is 7.11 Å². The van der Waals surface area contributed by atoms with Crippen LogP contribution in [-0.2, 0) is 11.2 Å². The number of nitrogens with zero attached hydrogens (tertiary/aromatic N) is 2. The summed E-state index contributed by atoms with van der Waals surface area (Å²) >= 11 is 7.35. The first-order chi connectivity index (χ1) is 12.2. The van der Waals surface area contributed by atoms with Crippen LogP contribution in [0.25, 0.3) is 0 Å². The second-order valence-electron chi connectivity index (χ2n) is 5.32. The lowest BCUT2D eigenvalue weighted by molar-refractivity contribution is -0.118. The Morgan fingerprint density at radius 1 is 1.28 bits per heavy atom. The number of methoxy groups -OCH3 is 1. The van der Waals surface area contributed by atoms with Gasteiger partial charge >= 0.3 is 0 Å². The van der Waals surface area contributed by atoms with Crippen LogP contribution in [0.4, 0.5) is 0 Å². The van der Waals surface area contributed by atoms with Gasteiger partial charge in [-0.2, -0.15) is 5.10 Å². The van der Waals surface area contributed by atoms with Crippen molar-refractivity contribution >= 4 is 40.7 Å². The summed E-state index contributed by atoms with van der Waals surface area (Å²) in [6.07, 6.45) is 2.19. The monoisotopic (exact) mass is 373 g/mol. The van der Waals surface area contributed by atoms with E-state index in [1.165, 1.54) is 11.8 Å². The Kier molecular flexibility index (Phi) is 5.73. The molecule has 1 aliphatic rings. The Morgan fingerprint density at radius 2 is 2.12 bits per heavy atom. The molecule has 1 amide bonds. The van der Waals surface area contributed by atoms with Crippen LogP contribution in [0.1, 0.15) is 11.1 Å². The van der Waals surface area contributed by atoms with E-state index >= 15 is 0 Å². The molecule has 128 valence electrons. The summed E-state index contributed by atoms with van der Waals surface area (Å²) in [5.41, 5.74) is 1.83. The van der Waals surface area contributed by atoms with E-state index in [1.807, 2.05) is 48.5 Å². The number of benzene rings is 2. The highest BCUT2D eigenvalue weighted by Crippen LogP contribution is 2.24. The van der Waals surface area contributed by atoms with E-state index in [0.29, 0.717) is 22.4 Å². The van der Waals surface area contributed by atoms with Crippen LogP contribution in [0, 0.1) is 0 Å². The number of carbonyl (C=O) groups is 1. The van der Waals surface area contributed by atoms with Gasteiger partial charge in [-0.25, -0.2) is 0 Å².